The maximum absolute atomic E-state index is 12.5. The molecular weight excluding hydrogens is 602 g/mol. The van der Waals surface area contributed by atoms with Crippen molar-refractivity contribution in [3.63, 3.8) is 0 Å². The summed E-state index contributed by atoms with van der Waals surface area (Å²) in [6.07, 6.45) is 13.9. The van der Waals surface area contributed by atoms with Crippen LogP contribution in [0.1, 0.15) is 0 Å². The van der Waals surface area contributed by atoms with Gasteiger partial charge in [-0.05, 0) is 31.4 Å². The number of allylic oxidation sites excluding steroid dienone is 8. The first-order valence-corrected chi connectivity index (χ1v) is 10.4. The number of ketones is 2. The van der Waals surface area contributed by atoms with Gasteiger partial charge >= 0.3 is 41.7 Å². The Kier molecular flexibility index (Phi) is 22.8. The van der Waals surface area contributed by atoms with Gasteiger partial charge in [0.2, 0.25) is 11.6 Å². The van der Waals surface area contributed by atoms with Crippen molar-refractivity contribution in [3.8, 4) is 0 Å². The number of rotatable bonds is 0. The maximum atomic E-state index is 12.5. The number of carbonyl (C=O) groups is 2. The average Bonchev–Trinajstić information content (AvgIpc) is 2.76. The van der Waals surface area contributed by atoms with Gasteiger partial charge in [0, 0.05) is 49.7 Å². The van der Waals surface area contributed by atoms with Gasteiger partial charge in [0.05, 0.1) is 13.2 Å². The largest absolute Gasteiger partial charge is 3.00 e. The molecule has 0 saturated heterocycles. The second kappa shape index (κ2) is 21.2. The average molecular weight is 640 g/mol. The summed E-state index contributed by atoms with van der Waals surface area (Å²) in [4.78, 5) is 27.1. The van der Waals surface area contributed by atoms with E-state index in [-0.39, 0.29) is 88.4 Å². The number of ether oxygens (including phenoxy) is 3. The molecule has 0 aromatic carbocycles. The zero-order valence-electron chi connectivity index (χ0n) is 20.3. The van der Waals surface area contributed by atoms with E-state index in [0.29, 0.717) is 49.0 Å². The number of nitrogens with zero attached hydrogens (tertiary/aromatic N) is 1. The van der Waals surface area contributed by atoms with E-state index >= 15 is 0 Å². The van der Waals surface area contributed by atoms with Crippen LogP contribution in [-0.2, 0) is 23.8 Å². The molecule has 0 fully saturated rings. The molecule has 0 saturated carbocycles. The molecule has 3 aliphatic rings. The molecule has 3 rings (SSSR count). The number of Topliss-reactive ketones (excluding diaryl/α,β-unsaturated/α-hetero) is 2. The van der Waals surface area contributed by atoms with Crippen molar-refractivity contribution >= 4 is 11.6 Å². The number of hydrogen-bond donors (Lipinski definition) is 2. The summed E-state index contributed by atoms with van der Waals surface area (Å²) in [5.41, 5.74) is 1.12. The van der Waals surface area contributed by atoms with Crippen LogP contribution in [0.15, 0.2) is 71.5 Å². The maximum Gasteiger partial charge on any atom is 3.00 e. The quantitative estimate of drug-likeness (QED) is 0.293. The van der Waals surface area contributed by atoms with Gasteiger partial charge in [-0.15, -0.1) is 0 Å². The van der Waals surface area contributed by atoms with Crippen molar-refractivity contribution in [3.05, 3.63) is 71.5 Å². The van der Waals surface area contributed by atoms with E-state index in [1.807, 2.05) is 7.05 Å². The summed E-state index contributed by atoms with van der Waals surface area (Å²) in [7, 11) is 2.02. The van der Waals surface area contributed by atoms with Crippen LogP contribution in [0.3, 0.4) is 0 Å². The predicted molar refractivity (Wildman–Crippen MR) is 131 cm³/mol. The summed E-state index contributed by atoms with van der Waals surface area (Å²) in [5, 5.41) is 6.37. The van der Waals surface area contributed by atoms with Gasteiger partial charge in [0.25, 0.3) is 0 Å². The van der Waals surface area contributed by atoms with Gasteiger partial charge in [-0.25, -0.2) is 0 Å². The molecule has 1 aliphatic heterocycles. The van der Waals surface area contributed by atoms with E-state index < -0.39 is 0 Å². The van der Waals surface area contributed by atoms with Gasteiger partial charge in [-0.2, -0.15) is 0 Å². The fourth-order valence-corrected chi connectivity index (χ4v) is 3.03. The van der Waals surface area contributed by atoms with Crippen LogP contribution in [0.4, 0.5) is 0 Å². The number of hydrogen-bond acceptors (Lipinski definition) is 8. The Hall–Kier alpha value is -1.88. The summed E-state index contributed by atoms with van der Waals surface area (Å²) in [6, 6.07) is 0. The molecule has 36 heavy (non-hydrogen) atoms. The molecule has 0 spiro atoms. The van der Waals surface area contributed by atoms with E-state index in [0.717, 1.165) is 13.1 Å². The molecule has 13 heteroatoms. The fourth-order valence-electron chi connectivity index (χ4n) is 3.03. The number of fused-ring (bicyclic) bond motifs is 4. The molecule has 0 amide bonds. The topological polar surface area (TPSA) is 215 Å². The Morgan fingerprint density at radius 3 is 1.56 bits per heavy atom. The number of nitrogens with one attached hydrogen (secondary N) is 2. The third-order valence-electron chi connectivity index (χ3n) is 4.78. The van der Waals surface area contributed by atoms with Gasteiger partial charge in [0.15, 0.2) is 11.5 Å². The minimum absolute atomic E-state index is 0. The number of likely N-dealkylation sites (N-methyl/N-ethyl adjacent to an activating group) is 1. The molecule has 0 aromatic heterocycles. The number of carbonyl (C=O) groups excluding carboxylic acids is 2. The molecule has 10 N–H and O–H groups in total. The van der Waals surface area contributed by atoms with Crippen LogP contribution in [0.2, 0.25) is 0 Å². The molecule has 199 valence electrons. The van der Waals surface area contributed by atoms with E-state index in [2.05, 4.69) is 15.5 Å². The van der Waals surface area contributed by atoms with Crippen LogP contribution in [-0.4, -0.2) is 98.0 Å². The Morgan fingerprint density at radius 2 is 1.14 bits per heavy atom. The molecule has 12 nitrogen and oxygen atoms in total. The van der Waals surface area contributed by atoms with Crippen LogP contribution in [0, 0.1) is 41.7 Å². The minimum atomic E-state index is -0.156. The van der Waals surface area contributed by atoms with Crippen LogP contribution >= 0.6 is 0 Å². The third-order valence-corrected chi connectivity index (χ3v) is 4.78. The van der Waals surface area contributed by atoms with Crippen LogP contribution < -0.4 is 10.6 Å². The Bertz CT molecular complexity index is 799. The molecule has 1 radical (unpaired) electrons. The SMILES string of the molecule is CN1CCNC=C2C=CC=C(OCCOCCOC3=CC=CC(=CNCC1)C3=O)C2=O.O.O.O.O.[Ce+3]. The van der Waals surface area contributed by atoms with Gasteiger partial charge < -0.3 is 51.6 Å². The van der Waals surface area contributed by atoms with Crippen molar-refractivity contribution < 1.29 is 87.5 Å². The summed E-state index contributed by atoms with van der Waals surface area (Å²) < 4.78 is 16.6. The monoisotopic (exact) mass is 639 g/mol. The van der Waals surface area contributed by atoms with E-state index in [4.69, 9.17) is 14.2 Å². The molecule has 0 atom stereocenters. The normalized spacial score (nSPS) is 19.0. The third kappa shape index (κ3) is 12.4. The van der Waals surface area contributed by atoms with Crippen LogP contribution in [0.25, 0.3) is 0 Å². The first-order valence-electron chi connectivity index (χ1n) is 10.4. The molecule has 2 aliphatic carbocycles. The van der Waals surface area contributed by atoms with Crippen molar-refractivity contribution in [1.29, 1.82) is 0 Å². The summed E-state index contributed by atoms with van der Waals surface area (Å²) >= 11 is 0. The molecule has 0 unspecified atom stereocenters. The standard InChI is InChI=1S/C23H29N3O5.Ce.4H2O/c1-26-10-8-24-16-18-4-2-6-20(22(18)27)30-14-12-29-13-15-31-21-7-3-5-19(23(21)28)17-25-9-11-26;;;;;/h2-7,16-17,24-25H,8-15H2,1H3;;4*1H2/q;+3;;;;. The van der Waals surface area contributed by atoms with Crippen molar-refractivity contribution in [2.75, 3.05) is 59.7 Å². The van der Waals surface area contributed by atoms with E-state index in [9.17, 15) is 9.59 Å². The Labute approximate surface area is 244 Å². The van der Waals surface area contributed by atoms with E-state index in [1.165, 1.54) is 0 Å². The molecule has 4 bridgehead atoms. The molecular formula is C23H37CeN3O9+3. The first kappa shape index (κ1) is 38.6. The zero-order chi connectivity index (χ0) is 21.9. The minimum Gasteiger partial charge on any atom is -0.487 e. The van der Waals surface area contributed by atoms with Crippen molar-refractivity contribution in [2.45, 2.75) is 0 Å². The summed E-state index contributed by atoms with van der Waals surface area (Å²) in [5.74, 6) is 0.280. The van der Waals surface area contributed by atoms with Gasteiger partial charge in [-0.1, -0.05) is 12.2 Å². The fraction of sp³-hybridized carbons (Fsp3) is 0.391. The van der Waals surface area contributed by atoms with Gasteiger partial charge in [0.1, 0.15) is 13.2 Å². The molecule has 1 heterocycles. The van der Waals surface area contributed by atoms with Gasteiger partial charge in [-0.3, -0.25) is 9.59 Å². The van der Waals surface area contributed by atoms with Crippen molar-refractivity contribution in [1.82, 2.24) is 15.5 Å². The molecule has 0 aromatic rings. The second-order valence-electron chi connectivity index (χ2n) is 7.16. The summed E-state index contributed by atoms with van der Waals surface area (Å²) in [6.45, 7) is 4.11. The van der Waals surface area contributed by atoms with Crippen molar-refractivity contribution in [2.24, 2.45) is 0 Å². The Balaban J connectivity index is -0.00000218. The predicted octanol–water partition coefficient (Wildman–Crippen LogP) is -2.32. The first-order chi connectivity index (χ1) is 15.1. The van der Waals surface area contributed by atoms with E-state index in [1.54, 1.807) is 48.9 Å². The smallest absolute Gasteiger partial charge is 0.487 e. The second-order valence-corrected chi connectivity index (χ2v) is 7.16. The Morgan fingerprint density at radius 1 is 0.722 bits per heavy atom. The van der Waals surface area contributed by atoms with Crippen LogP contribution in [0.5, 0.6) is 0 Å². The zero-order valence-corrected chi connectivity index (χ0v) is 23.4.